The van der Waals surface area contributed by atoms with Gasteiger partial charge in [-0.25, -0.2) is 0 Å². The molecule has 3 aromatic rings. The Bertz CT molecular complexity index is 1250. The highest BCUT2D eigenvalue weighted by molar-refractivity contribution is 6.46. The van der Waals surface area contributed by atoms with E-state index in [-0.39, 0.29) is 11.3 Å². The third-order valence-electron chi connectivity index (χ3n) is 6.79. The molecule has 5 rings (SSSR count). The predicted molar refractivity (Wildman–Crippen MR) is 140 cm³/mol. The van der Waals surface area contributed by atoms with E-state index in [1.165, 1.54) is 0 Å². The molecule has 37 heavy (non-hydrogen) atoms. The van der Waals surface area contributed by atoms with Crippen LogP contribution in [-0.2, 0) is 20.9 Å². The Morgan fingerprint density at radius 2 is 1.51 bits per heavy atom. The van der Waals surface area contributed by atoms with Crippen molar-refractivity contribution >= 4 is 17.4 Å². The van der Waals surface area contributed by atoms with Crippen LogP contribution >= 0.6 is 0 Å². The molecule has 0 aliphatic carbocycles. The Hall–Kier alpha value is -3.94. The predicted octanol–water partition coefficient (Wildman–Crippen LogP) is 4.02. The van der Waals surface area contributed by atoms with Crippen molar-refractivity contribution in [2.45, 2.75) is 12.6 Å². The maximum absolute atomic E-state index is 13.2. The van der Waals surface area contributed by atoms with E-state index in [0.29, 0.717) is 44.2 Å². The zero-order valence-corrected chi connectivity index (χ0v) is 20.6. The van der Waals surface area contributed by atoms with Crippen molar-refractivity contribution in [3.8, 4) is 5.75 Å². The summed E-state index contributed by atoms with van der Waals surface area (Å²) in [6.45, 7) is 4.30. The Kier molecular flexibility index (Phi) is 7.63. The molecule has 1 unspecified atom stereocenters. The van der Waals surface area contributed by atoms with Gasteiger partial charge in [0.05, 0.1) is 24.8 Å². The second kappa shape index (κ2) is 11.4. The Balaban J connectivity index is 1.43. The summed E-state index contributed by atoms with van der Waals surface area (Å²) in [5.41, 5.74) is 2.41. The highest BCUT2D eigenvalue weighted by atomic mass is 16.5. The summed E-state index contributed by atoms with van der Waals surface area (Å²) in [4.78, 5) is 30.2. The molecule has 190 valence electrons. The molecule has 1 atom stereocenters. The first-order valence-electron chi connectivity index (χ1n) is 12.5. The molecule has 3 aromatic carbocycles. The molecule has 2 fully saturated rings. The van der Waals surface area contributed by atoms with Crippen molar-refractivity contribution in [3.05, 3.63) is 107 Å². The second-order valence-electron chi connectivity index (χ2n) is 9.16. The first-order valence-corrected chi connectivity index (χ1v) is 12.5. The molecule has 1 amide bonds. The number of hydrogen-bond donors (Lipinski definition) is 1. The van der Waals surface area contributed by atoms with Crippen LogP contribution in [0.2, 0.25) is 0 Å². The zero-order chi connectivity index (χ0) is 25.6. The third-order valence-corrected chi connectivity index (χ3v) is 6.79. The fraction of sp³-hybridized carbons (Fsp3) is 0.267. The lowest BCUT2D eigenvalue weighted by Gasteiger charge is -2.31. The zero-order valence-electron chi connectivity index (χ0n) is 20.6. The molecule has 0 bridgehead atoms. The molecule has 2 aliphatic rings. The van der Waals surface area contributed by atoms with Crippen LogP contribution < -0.4 is 4.74 Å². The van der Waals surface area contributed by atoms with Crippen molar-refractivity contribution in [1.29, 1.82) is 0 Å². The highest BCUT2D eigenvalue weighted by Gasteiger charge is 2.46. The molecule has 7 heteroatoms. The van der Waals surface area contributed by atoms with Gasteiger partial charge in [-0.2, -0.15) is 0 Å². The molecule has 0 spiro atoms. The number of ketones is 1. The van der Waals surface area contributed by atoms with Crippen LogP contribution in [0.3, 0.4) is 0 Å². The smallest absolute Gasteiger partial charge is 0.295 e. The van der Waals surface area contributed by atoms with Gasteiger partial charge in [0.2, 0.25) is 0 Å². The number of Topliss-reactive ketones (excluding diaryl/α,β-unsaturated/α-hetero) is 1. The minimum atomic E-state index is -0.690. The Morgan fingerprint density at radius 1 is 0.865 bits per heavy atom. The Morgan fingerprint density at radius 3 is 2.19 bits per heavy atom. The molecule has 0 aromatic heterocycles. The van der Waals surface area contributed by atoms with Gasteiger partial charge in [0.1, 0.15) is 18.1 Å². The average molecular weight is 499 g/mol. The number of ether oxygens (including phenoxy) is 2. The van der Waals surface area contributed by atoms with Gasteiger partial charge in [-0.05, 0) is 23.3 Å². The van der Waals surface area contributed by atoms with Crippen molar-refractivity contribution in [3.63, 3.8) is 0 Å². The summed E-state index contributed by atoms with van der Waals surface area (Å²) >= 11 is 0. The van der Waals surface area contributed by atoms with Crippen LogP contribution in [0.4, 0.5) is 0 Å². The number of benzene rings is 3. The number of likely N-dealkylation sites (tertiary alicyclic amines) is 1. The number of hydrogen-bond acceptors (Lipinski definition) is 6. The van der Waals surface area contributed by atoms with Gasteiger partial charge in [-0.3, -0.25) is 14.5 Å². The van der Waals surface area contributed by atoms with Crippen molar-refractivity contribution in [1.82, 2.24) is 9.80 Å². The van der Waals surface area contributed by atoms with Gasteiger partial charge in [0.15, 0.2) is 0 Å². The molecular formula is C30H30N2O5. The van der Waals surface area contributed by atoms with Crippen LogP contribution in [0, 0.1) is 0 Å². The molecule has 1 N–H and O–H groups in total. The number of rotatable bonds is 8. The number of amides is 1. The third kappa shape index (κ3) is 5.58. The normalized spacial score (nSPS) is 19.8. The lowest BCUT2D eigenvalue weighted by atomic mass is 9.95. The quantitative estimate of drug-likeness (QED) is 0.287. The van der Waals surface area contributed by atoms with Gasteiger partial charge < -0.3 is 19.5 Å². The number of carbonyl (C=O) groups is 2. The summed E-state index contributed by atoms with van der Waals surface area (Å²) in [5, 5.41) is 11.2. The van der Waals surface area contributed by atoms with Gasteiger partial charge in [0, 0.05) is 31.7 Å². The van der Waals surface area contributed by atoms with Crippen molar-refractivity contribution in [2.75, 3.05) is 39.4 Å². The molecule has 0 radical (unpaired) electrons. The number of nitrogens with zero attached hydrogens (tertiary/aromatic N) is 2. The minimum Gasteiger partial charge on any atom is -0.507 e. The molecule has 2 aliphatic heterocycles. The number of morpholine rings is 1. The van der Waals surface area contributed by atoms with E-state index in [4.69, 9.17) is 9.47 Å². The van der Waals surface area contributed by atoms with Gasteiger partial charge in [0.25, 0.3) is 11.7 Å². The van der Waals surface area contributed by atoms with E-state index in [1.54, 1.807) is 29.2 Å². The summed E-state index contributed by atoms with van der Waals surface area (Å²) in [5.74, 6) is -0.749. The van der Waals surface area contributed by atoms with Crippen LogP contribution in [0.25, 0.3) is 5.76 Å². The lowest BCUT2D eigenvalue weighted by molar-refractivity contribution is -0.140. The van der Waals surface area contributed by atoms with Gasteiger partial charge in [-0.1, -0.05) is 72.8 Å². The van der Waals surface area contributed by atoms with Crippen molar-refractivity contribution < 1.29 is 24.2 Å². The average Bonchev–Trinajstić information content (AvgIpc) is 3.21. The molecule has 0 saturated carbocycles. The summed E-state index contributed by atoms with van der Waals surface area (Å²) in [7, 11) is 0. The SMILES string of the molecule is O=C1C(=O)N(CCN2CCOCC2)C(c2ccc(OCc3ccccc3)cc2)/C1=C(\O)c1ccccc1. The number of aliphatic hydroxyl groups is 1. The first-order chi connectivity index (χ1) is 18.1. The maximum Gasteiger partial charge on any atom is 0.295 e. The van der Waals surface area contributed by atoms with Crippen LogP contribution in [0.1, 0.15) is 22.7 Å². The second-order valence-corrected chi connectivity index (χ2v) is 9.16. The molecular weight excluding hydrogens is 468 g/mol. The molecule has 7 nitrogen and oxygen atoms in total. The van der Waals surface area contributed by atoms with E-state index in [9.17, 15) is 14.7 Å². The minimum absolute atomic E-state index is 0.108. The van der Waals surface area contributed by atoms with E-state index in [2.05, 4.69) is 4.90 Å². The van der Waals surface area contributed by atoms with Crippen LogP contribution in [0.15, 0.2) is 90.5 Å². The van der Waals surface area contributed by atoms with Gasteiger partial charge >= 0.3 is 0 Å². The Labute approximate surface area is 216 Å². The summed E-state index contributed by atoms with van der Waals surface area (Å²) in [6, 6.07) is 25.5. The standard InChI is InChI=1S/C30H30N2O5/c33-28(24-9-5-2-6-10-24)26-27(32(30(35)29(26)34)16-15-31-17-19-36-20-18-31)23-11-13-25(14-12-23)37-21-22-7-3-1-4-8-22/h1-14,27,33H,15-21H2/b28-26+. The summed E-state index contributed by atoms with van der Waals surface area (Å²) < 4.78 is 11.4. The maximum atomic E-state index is 13.2. The van der Waals surface area contributed by atoms with Crippen molar-refractivity contribution in [2.24, 2.45) is 0 Å². The van der Waals surface area contributed by atoms with E-state index in [1.807, 2.05) is 60.7 Å². The van der Waals surface area contributed by atoms with Crippen LogP contribution in [0.5, 0.6) is 5.75 Å². The fourth-order valence-corrected chi connectivity index (χ4v) is 4.77. The fourth-order valence-electron chi connectivity index (χ4n) is 4.77. The lowest BCUT2D eigenvalue weighted by Crippen LogP contribution is -2.42. The molecule has 2 heterocycles. The highest BCUT2D eigenvalue weighted by Crippen LogP contribution is 2.39. The van der Waals surface area contributed by atoms with Gasteiger partial charge in [-0.15, -0.1) is 0 Å². The molecule has 2 saturated heterocycles. The summed E-state index contributed by atoms with van der Waals surface area (Å²) in [6.07, 6.45) is 0. The number of carbonyl (C=O) groups excluding carboxylic acids is 2. The largest absolute Gasteiger partial charge is 0.507 e. The first kappa shape index (κ1) is 24.7. The van der Waals surface area contributed by atoms with E-state index in [0.717, 1.165) is 24.2 Å². The van der Waals surface area contributed by atoms with Crippen LogP contribution in [-0.4, -0.2) is 66.0 Å². The topological polar surface area (TPSA) is 79.3 Å². The number of aliphatic hydroxyl groups excluding tert-OH is 1. The van der Waals surface area contributed by atoms with E-state index >= 15 is 0 Å². The monoisotopic (exact) mass is 498 g/mol. The van der Waals surface area contributed by atoms with E-state index < -0.39 is 17.7 Å².